The van der Waals surface area contributed by atoms with Crippen LogP contribution in [0.2, 0.25) is 0 Å². The van der Waals surface area contributed by atoms with E-state index in [1.54, 1.807) is 0 Å². The molecule has 0 saturated heterocycles. The number of hydrogen-bond acceptors (Lipinski definition) is 6. The molecular formula is C18H14FN3O4S. The third-order valence-electron chi connectivity index (χ3n) is 3.81. The summed E-state index contributed by atoms with van der Waals surface area (Å²) >= 11 is 0. The summed E-state index contributed by atoms with van der Waals surface area (Å²) in [5.41, 5.74) is 0.211. The first-order valence-corrected chi connectivity index (χ1v) is 9.10. The number of hydrogen-bond donors (Lipinski definition) is 0. The minimum absolute atomic E-state index is 0.00516. The number of benzene rings is 2. The Morgan fingerprint density at radius 1 is 1.15 bits per heavy atom. The topological polar surface area (TPSA) is 96.4 Å². The monoisotopic (exact) mass is 387 g/mol. The van der Waals surface area contributed by atoms with E-state index in [9.17, 15) is 18.1 Å². The maximum absolute atomic E-state index is 13.1. The molecule has 0 N–H and O–H groups in total. The van der Waals surface area contributed by atoms with E-state index in [1.165, 1.54) is 62.7 Å². The first kappa shape index (κ1) is 18.4. The molecule has 0 fully saturated rings. The van der Waals surface area contributed by atoms with Gasteiger partial charge >= 0.3 is 0 Å². The molecule has 0 atom stereocenters. The highest BCUT2D eigenvalue weighted by molar-refractivity contribution is 7.92. The van der Waals surface area contributed by atoms with Gasteiger partial charge in [-0.2, -0.15) is 10.2 Å². The van der Waals surface area contributed by atoms with Gasteiger partial charge in [0.1, 0.15) is 17.6 Å². The number of oxazole rings is 1. The summed E-state index contributed by atoms with van der Waals surface area (Å²) in [4.78, 5) is 4.00. The van der Waals surface area contributed by atoms with Crippen LogP contribution in [0.1, 0.15) is 5.69 Å². The molecule has 2 aromatic carbocycles. The van der Waals surface area contributed by atoms with E-state index in [0.717, 1.165) is 4.31 Å². The van der Waals surface area contributed by atoms with E-state index in [1.807, 2.05) is 6.07 Å². The molecule has 0 unspecified atom stereocenters. The second-order valence-electron chi connectivity index (χ2n) is 5.44. The van der Waals surface area contributed by atoms with Crippen LogP contribution in [0, 0.1) is 17.1 Å². The smallest absolute Gasteiger partial charge is 0.266 e. The number of methoxy groups -OCH3 is 1. The van der Waals surface area contributed by atoms with Gasteiger partial charge in [-0.05, 0) is 48.5 Å². The van der Waals surface area contributed by atoms with Crippen LogP contribution in [-0.4, -0.2) is 27.6 Å². The average molecular weight is 387 g/mol. The highest BCUT2D eigenvalue weighted by Crippen LogP contribution is 2.31. The van der Waals surface area contributed by atoms with Crippen molar-refractivity contribution in [1.29, 1.82) is 5.26 Å². The summed E-state index contributed by atoms with van der Waals surface area (Å²) in [5, 5.41) is 9.31. The summed E-state index contributed by atoms with van der Waals surface area (Å²) in [7, 11) is -1.26. The molecule has 1 heterocycles. The van der Waals surface area contributed by atoms with E-state index < -0.39 is 15.8 Å². The van der Waals surface area contributed by atoms with Crippen LogP contribution in [0.5, 0.6) is 5.75 Å². The molecule has 0 aliphatic rings. The fourth-order valence-electron chi connectivity index (χ4n) is 2.33. The van der Waals surface area contributed by atoms with Gasteiger partial charge in [0, 0.05) is 12.6 Å². The van der Waals surface area contributed by atoms with Crippen LogP contribution in [0.3, 0.4) is 0 Å². The standard InChI is InChI=1S/C18H14FN3O4S/c1-22(27(23,24)15-9-7-14(25-2)8-10-15)18-16(11-20)21-17(26-18)12-3-5-13(19)6-4-12/h3-10H,1-2H3. The molecule has 0 bridgehead atoms. The number of nitrogens with zero attached hydrogens (tertiary/aromatic N) is 3. The van der Waals surface area contributed by atoms with Crippen molar-refractivity contribution < 1.29 is 22.0 Å². The maximum atomic E-state index is 13.1. The van der Waals surface area contributed by atoms with Crippen molar-refractivity contribution >= 4 is 15.9 Å². The van der Waals surface area contributed by atoms with Crippen LogP contribution in [0.4, 0.5) is 10.3 Å². The van der Waals surface area contributed by atoms with Crippen molar-refractivity contribution in [3.63, 3.8) is 0 Å². The fourth-order valence-corrected chi connectivity index (χ4v) is 3.47. The Balaban J connectivity index is 2.01. The summed E-state index contributed by atoms with van der Waals surface area (Å²) in [6.45, 7) is 0. The minimum Gasteiger partial charge on any atom is -0.497 e. The van der Waals surface area contributed by atoms with Crippen LogP contribution in [0.15, 0.2) is 57.8 Å². The Kier molecular flexibility index (Phi) is 4.83. The van der Waals surface area contributed by atoms with Crippen molar-refractivity contribution in [2.45, 2.75) is 4.90 Å². The molecule has 9 heteroatoms. The Morgan fingerprint density at radius 2 is 1.78 bits per heavy atom. The molecular weight excluding hydrogens is 373 g/mol. The Hall–Kier alpha value is -3.38. The molecule has 3 aromatic rings. The molecule has 0 spiro atoms. The molecule has 0 amide bonds. The highest BCUT2D eigenvalue weighted by atomic mass is 32.2. The van der Waals surface area contributed by atoms with Gasteiger partial charge in [0.25, 0.3) is 10.0 Å². The number of nitriles is 1. The van der Waals surface area contributed by atoms with Crippen LogP contribution in [0.25, 0.3) is 11.5 Å². The SMILES string of the molecule is COc1ccc(S(=O)(=O)N(C)c2oc(-c3ccc(F)cc3)nc2C#N)cc1. The highest BCUT2D eigenvalue weighted by Gasteiger charge is 2.28. The van der Waals surface area contributed by atoms with E-state index in [0.29, 0.717) is 11.3 Å². The predicted molar refractivity (Wildman–Crippen MR) is 95.2 cm³/mol. The lowest BCUT2D eigenvalue weighted by Crippen LogP contribution is -2.26. The summed E-state index contributed by atoms with van der Waals surface area (Å²) in [5.74, 6) is -0.149. The third kappa shape index (κ3) is 3.47. The molecule has 0 aliphatic carbocycles. The van der Waals surface area contributed by atoms with Gasteiger partial charge < -0.3 is 9.15 Å². The van der Waals surface area contributed by atoms with Crippen molar-refractivity contribution in [3.05, 3.63) is 60.0 Å². The second-order valence-corrected chi connectivity index (χ2v) is 7.41. The second kappa shape index (κ2) is 7.09. The van der Waals surface area contributed by atoms with Gasteiger partial charge in [0.2, 0.25) is 17.5 Å². The molecule has 0 aliphatic heterocycles. The quantitative estimate of drug-likeness (QED) is 0.667. The van der Waals surface area contributed by atoms with Crippen LogP contribution in [-0.2, 0) is 10.0 Å². The zero-order chi connectivity index (χ0) is 19.6. The van der Waals surface area contributed by atoms with E-state index in [4.69, 9.17) is 9.15 Å². The van der Waals surface area contributed by atoms with Crippen molar-refractivity contribution in [2.75, 3.05) is 18.5 Å². The van der Waals surface area contributed by atoms with Crippen LogP contribution < -0.4 is 9.04 Å². The number of ether oxygens (including phenoxy) is 1. The predicted octanol–water partition coefficient (Wildman–Crippen LogP) is 3.19. The molecule has 0 saturated carbocycles. The lowest BCUT2D eigenvalue weighted by molar-refractivity contribution is 0.414. The number of rotatable bonds is 5. The molecule has 7 nitrogen and oxygen atoms in total. The van der Waals surface area contributed by atoms with Gasteiger partial charge in [0.05, 0.1) is 12.0 Å². The minimum atomic E-state index is -3.99. The number of halogens is 1. The fraction of sp³-hybridized carbons (Fsp3) is 0.111. The lowest BCUT2D eigenvalue weighted by Gasteiger charge is -2.16. The van der Waals surface area contributed by atoms with Gasteiger partial charge in [-0.1, -0.05) is 0 Å². The molecule has 0 radical (unpaired) electrons. The number of aromatic nitrogens is 1. The summed E-state index contributed by atoms with van der Waals surface area (Å²) < 4.78 is 50.1. The first-order chi connectivity index (χ1) is 12.9. The summed E-state index contributed by atoms with van der Waals surface area (Å²) in [6, 6.07) is 12.9. The molecule has 3 rings (SSSR count). The average Bonchev–Trinajstić information content (AvgIpc) is 3.12. The van der Waals surface area contributed by atoms with Crippen molar-refractivity contribution in [3.8, 4) is 23.3 Å². The largest absolute Gasteiger partial charge is 0.497 e. The summed E-state index contributed by atoms with van der Waals surface area (Å²) in [6.07, 6.45) is 0. The zero-order valence-corrected chi connectivity index (χ0v) is 15.2. The zero-order valence-electron chi connectivity index (χ0n) is 14.4. The Morgan fingerprint density at radius 3 is 2.33 bits per heavy atom. The molecule has 138 valence electrons. The number of sulfonamides is 1. The lowest BCUT2D eigenvalue weighted by atomic mass is 10.2. The van der Waals surface area contributed by atoms with E-state index in [2.05, 4.69) is 4.98 Å². The third-order valence-corrected chi connectivity index (χ3v) is 5.56. The van der Waals surface area contributed by atoms with Gasteiger partial charge in [-0.25, -0.2) is 17.1 Å². The van der Waals surface area contributed by atoms with Gasteiger partial charge in [-0.3, -0.25) is 0 Å². The van der Waals surface area contributed by atoms with E-state index >= 15 is 0 Å². The van der Waals surface area contributed by atoms with Gasteiger partial charge in [0.15, 0.2) is 0 Å². The van der Waals surface area contributed by atoms with Crippen molar-refractivity contribution in [1.82, 2.24) is 4.98 Å². The normalized spacial score (nSPS) is 11.0. The Labute approximate surface area is 155 Å². The van der Waals surface area contributed by atoms with Crippen molar-refractivity contribution in [2.24, 2.45) is 0 Å². The Bertz CT molecular complexity index is 1100. The first-order valence-electron chi connectivity index (χ1n) is 7.66. The van der Waals surface area contributed by atoms with Gasteiger partial charge in [-0.15, -0.1) is 0 Å². The number of anilines is 1. The van der Waals surface area contributed by atoms with E-state index in [-0.39, 0.29) is 22.4 Å². The maximum Gasteiger partial charge on any atom is 0.266 e. The molecule has 1 aromatic heterocycles. The molecule has 27 heavy (non-hydrogen) atoms. The van der Waals surface area contributed by atoms with Crippen LogP contribution >= 0.6 is 0 Å².